The Morgan fingerprint density at radius 2 is 1.45 bits per heavy atom. The van der Waals surface area contributed by atoms with Crippen molar-refractivity contribution < 1.29 is 27.6 Å². The van der Waals surface area contributed by atoms with Gasteiger partial charge in [0.1, 0.15) is 0 Å². The molecule has 3 aromatic carbocycles. The molecule has 4 rings (SSSR count). The normalized spacial score (nSPS) is 13.3. The van der Waals surface area contributed by atoms with Gasteiger partial charge in [-0.15, -0.1) is 0 Å². The number of fused-ring (bicyclic) bond motifs is 1. The zero-order chi connectivity index (χ0) is 22.2. The lowest BCUT2D eigenvalue weighted by Crippen LogP contribution is -2.29. The van der Waals surface area contributed by atoms with Crippen LogP contribution >= 0.6 is 0 Å². The minimum Gasteiger partial charge on any atom is -0.326 e. The Morgan fingerprint density at radius 3 is 2.03 bits per heavy atom. The molecule has 5 nitrogen and oxygen atoms in total. The van der Waals surface area contributed by atoms with Crippen LogP contribution in [0.1, 0.15) is 31.8 Å². The predicted octanol–water partition coefficient (Wildman–Crippen LogP) is 4.69. The van der Waals surface area contributed by atoms with Crippen molar-refractivity contribution in [2.24, 2.45) is 0 Å². The molecule has 0 atom stereocenters. The van der Waals surface area contributed by atoms with E-state index >= 15 is 0 Å². The second-order valence-electron chi connectivity index (χ2n) is 6.96. The van der Waals surface area contributed by atoms with Crippen LogP contribution < -0.4 is 10.2 Å². The summed E-state index contributed by atoms with van der Waals surface area (Å²) in [5.74, 6) is -1.35. The summed E-state index contributed by atoms with van der Waals surface area (Å²) in [6.07, 6.45) is -4.57. The molecule has 0 saturated heterocycles. The van der Waals surface area contributed by atoms with E-state index in [1.54, 1.807) is 42.5 Å². The molecular weight excluding hydrogens is 409 g/mol. The number of carbonyl (C=O) groups excluding carboxylic acids is 3. The van der Waals surface area contributed by atoms with Gasteiger partial charge in [-0.3, -0.25) is 14.4 Å². The fourth-order valence-corrected chi connectivity index (χ4v) is 3.35. The lowest BCUT2D eigenvalue weighted by molar-refractivity contribution is -0.137. The second kappa shape index (κ2) is 7.71. The first kappa shape index (κ1) is 20.3. The number of nitrogens with zero attached hydrogens (tertiary/aromatic N) is 1. The number of amides is 3. The summed E-state index contributed by atoms with van der Waals surface area (Å²) < 4.78 is 37.9. The van der Waals surface area contributed by atoms with Gasteiger partial charge in [0.2, 0.25) is 5.91 Å². The van der Waals surface area contributed by atoms with Crippen LogP contribution in [0, 0.1) is 0 Å². The van der Waals surface area contributed by atoms with Gasteiger partial charge in [0.25, 0.3) is 11.8 Å². The van der Waals surface area contributed by atoms with Crippen molar-refractivity contribution in [2.45, 2.75) is 12.6 Å². The minimum atomic E-state index is -4.44. The average molecular weight is 424 g/mol. The molecule has 1 aliphatic heterocycles. The number of benzene rings is 3. The molecule has 1 aliphatic rings. The van der Waals surface area contributed by atoms with Gasteiger partial charge in [-0.1, -0.05) is 30.3 Å². The molecule has 1 heterocycles. The highest BCUT2D eigenvalue weighted by atomic mass is 19.4. The summed E-state index contributed by atoms with van der Waals surface area (Å²) in [5, 5.41) is 2.64. The Labute approximate surface area is 175 Å². The molecule has 8 heteroatoms. The SMILES string of the molecule is O=C(Cc1ccc(C(F)(F)F)cc1)Nc1cccc(N2C(=O)c3ccccc3C2=O)c1. The van der Waals surface area contributed by atoms with Crippen molar-refractivity contribution in [1.29, 1.82) is 0 Å². The van der Waals surface area contributed by atoms with Crippen LogP contribution in [0.5, 0.6) is 0 Å². The van der Waals surface area contributed by atoms with E-state index in [1.165, 1.54) is 18.2 Å². The maximum Gasteiger partial charge on any atom is 0.416 e. The minimum absolute atomic E-state index is 0.130. The molecule has 156 valence electrons. The molecule has 0 aliphatic carbocycles. The van der Waals surface area contributed by atoms with E-state index in [0.29, 0.717) is 28.1 Å². The molecule has 1 N–H and O–H groups in total. The van der Waals surface area contributed by atoms with Crippen LogP contribution in [-0.2, 0) is 17.4 Å². The number of hydrogen-bond donors (Lipinski definition) is 1. The molecule has 3 amide bonds. The van der Waals surface area contributed by atoms with Gasteiger partial charge in [-0.2, -0.15) is 13.2 Å². The van der Waals surface area contributed by atoms with Crippen molar-refractivity contribution in [3.8, 4) is 0 Å². The highest BCUT2D eigenvalue weighted by Crippen LogP contribution is 2.30. The number of nitrogens with one attached hydrogen (secondary N) is 1. The largest absolute Gasteiger partial charge is 0.416 e. The van der Waals surface area contributed by atoms with Gasteiger partial charge in [-0.25, -0.2) is 4.90 Å². The summed E-state index contributed by atoms with van der Waals surface area (Å²) in [7, 11) is 0. The van der Waals surface area contributed by atoms with Gasteiger partial charge < -0.3 is 5.32 Å². The number of hydrogen-bond acceptors (Lipinski definition) is 3. The predicted molar refractivity (Wildman–Crippen MR) is 108 cm³/mol. The number of alkyl halides is 3. The highest BCUT2D eigenvalue weighted by molar-refractivity contribution is 6.34. The molecule has 31 heavy (non-hydrogen) atoms. The highest BCUT2D eigenvalue weighted by Gasteiger charge is 2.36. The van der Waals surface area contributed by atoms with E-state index in [1.807, 2.05) is 0 Å². The third-order valence-electron chi connectivity index (χ3n) is 4.83. The van der Waals surface area contributed by atoms with Crippen molar-refractivity contribution in [3.63, 3.8) is 0 Å². The first-order valence-corrected chi connectivity index (χ1v) is 9.28. The van der Waals surface area contributed by atoms with E-state index in [4.69, 9.17) is 0 Å². The first-order valence-electron chi connectivity index (χ1n) is 9.28. The van der Waals surface area contributed by atoms with Crippen LogP contribution in [0.25, 0.3) is 0 Å². The summed E-state index contributed by atoms with van der Waals surface area (Å²) in [4.78, 5) is 38.6. The van der Waals surface area contributed by atoms with Crippen molar-refractivity contribution in [3.05, 3.63) is 95.1 Å². The smallest absolute Gasteiger partial charge is 0.326 e. The first-order chi connectivity index (χ1) is 14.7. The van der Waals surface area contributed by atoms with Crippen molar-refractivity contribution in [1.82, 2.24) is 0 Å². The Bertz CT molecular complexity index is 1150. The lowest BCUT2D eigenvalue weighted by atomic mass is 10.1. The number of anilines is 2. The van der Waals surface area contributed by atoms with E-state index in [-0.39, 0.29) is 6.42 Å². The average Bonchev–Trinajstić information content (AvgIpc) is 2.98. The summed E-state index contributed by atoms with van der Waals surface area (Å²) in [5.41, 5.74) is 0.908. The van der Waals surface area contributed by atoms with Crippen molar-refractivity contribution in [2.75, 3.05) is 10.2 Å². The van der Waals surface area contributed by atoms with E-state index in [0.717, 1.165) is 17.0 Å². The Kier molecular flexibility index (Phi) is 5.06. The maximum absolute atomic E-state index is 12.6. The lowest BCUT2D eigenvalue weighted by Gasteiger charge is -2.15. The Hall–Kier alpha value is -3.94. The van der Waals surface area contributed by atoms with Crippen LogP contribution in [0.3, 0.4) is 0 Å². The number of halogens is 3. The van der Waals surface area contributed by atoms with Crippen LogP contribution in [0.2, 0.25) is 0 Å². The quantitative estimate of drug-likeness (QED) is 0.618. The number of imide groups is 1. The molecule has 0 radical (unpaired) electrons. The van der Waals surface area contributed by atoms with Crippen LogP contribution in [0.4, 0.5) is 24.5 Å². The van der Waals surface area contributed by atoms with Crippen molar-refractivity contribution >= 4 is 29.1 Å². The third kappa shape index (κ3) is 4.05. The molecule has 0 fully saturated rings. The molecule has 0 bridgehead atoms. The Morgan fingerprint density at radius 1 is 0.839 bits per heavy atom. The molecule has 3 aromatic rings. The topological polar surface area (TPSA) is 66.5 Å². The van der Waals surface area contributed by atoms with Crippen LogP contribution in [-0.4, -0.2) is 17.7 Å². The van der Waals surface area contributed by atoms with Gasteiger partial charge in [0, 0.05) is 5.69 Å². The van der Waals surface area contributed by atoms with E-state index in [9.17, 15) is 27.6 Å². The zero-order valence-electron chi connectivity index (χ0n) is 15.9. The molecule has 0 unspecified atom stereocenters. The molecular formula is C23H15F3N2O3. The van der Waals surface area contributed by atoms with Gasteiger partial charge in [0.15, 0.2) is 0 Å². The molecule has 0 saturated carbocycles. The van der Waals surface area contributed by atoms with Gasteiger partial charge in [0.05, 0.1) is 28.8 Å². The Balaban J connectivity index is 1.47. The third-order valence-corrected chi connectivity index (χ3v) is 4.83. The zero-order valence-corrected chi connectivity index (χ0v) is 15.9. The molecule has 0 aromatic heterocycles. The summed E-state index contributed by atoms with van der Waals surface area (Å²) in [6.45, 7) is 0. The second-order valence-corrected chi connectivity index (χ2v) is 6.96. The summed E-state index contributed by atoms with van der Waals surface area (Å²) >= 11 is 0. The molecule has 0 spiro atoms. The van der Waals surface area contributed by atoms with E-state index < -0.39 is 29.5 Å². The van der Waals surface area contributed by atoms with Gasteiger partial charge in [-0.05, 0) is 48.0 Å². The fourth-order valence-electron chi connectivity index (χ4n) is 3.35. The van der Waals surface area contributed by atoms with E-state index in [2.05, 4.69) is 5.32 Å². The van der Waals surface area contributed by atoms with Gasteiger partial charge >= 0.3 is 6.18 Å². The standard InChI is InChI=1S/C23H15F3N2O3/c24-23(25,26)15-10-8-14(9-11-15)12-20(29)27-16-4-3-5-17(13-16)28-21(30)18-6-1-2-7-19(18)22(28)31/h1-11,13H,12H2,(H,27,29). The fraction of sp³-hybridized carbons (Fsp3) is 0.0870. The maximum atomic E-state index is 12.6. The van der Waals surface area contributed by atoms with Crippen LogP contribution in [0.15, 0.2) is 72.8 Å². The monoisotopic (exact) mass is 424 g/mol. The summed E-state index contributed by atoms with van der Waals surface area (Å²) in [6, 6.07) is 17.1. The number of rotatable bonds is 4. The number of carbonyl (C=O) groups is 3.